The normalized spacial score (nSPS) is 22.7. The number of aryl methyl sites for hydroxylation is 8. The van der Waals surface area contributed by atoms with Gasteiger partial charge in [0, 0.05) is 0 Å². The van der Waals surface area contributed by atoms with Gasteiger partial charge in [-0.3, -0.25) is 9.05 Å². The minimum Gasteiger partial charge on any atom is -0.341 e. The lowest BCUT2D eigenvalue weighted by Gasteiger charge is -2.42. The molecule has 0 saturated carbocycles. The van der Waals surface area contributed by atoms with Crippen molar-refractivity contribution in [3.05, 3.63) is 140 Å². The van der Waals surface area contributed by atoms with Crippen molar-refractivity contribution in [3.8, 4) is 0 Å². The number of phosphoric acid groups is 1. The standard InChI is InChI=1S/C39H45O6P/c1-23-11-24(2)16-31(15-23)38(32-17-25(3)12-26(4)18-32)35-36(43-37(9,10)42-35)39(45-46(40,41)44-38,33-19-27(5)13-28(6)20-33)34-21-29(7)14-30(8)22-34/h11-22,35-36H,1-10H3,(H,40,41)/t35-,36-/m1/s1. The van der Waals surface area contributed by atoms with E-state index in [2.05, 4.69) is 24.3 Å². The minimum absolute atomic E-state index is 0.695. The molecule has 4 aromatic rings. The van der Waals surface area contributed by atoms with Gasteiger partial charge in [-0.15, -0.1) is 0 Å². The molecule has 0 aromatic heterocycles. The zero-order chi connectivity index (χ0) is 33.4. The van der Waals surface area contributed by atoms with Crippen LogP contribution in [0.3, 0.4) is 0 Å². The fraction of sp³-hybridized carbons (Fsp3) is 0.385. The monoisotopic (exact) mass is 640 g/mol. The fourth-order valence-corrected chi connectivity index (χ4v) is 9.19. The van der Waals surface area contributed by atoms with E-state index in [9.17, 15) is 9.46 Å². The van der Waals surface area contributed by atoms with Crippen molar-refractivity contribution in [2.75, 3.05) is 0 Å². The van der Waals surface area contributed by atoms with Crippen LogP contribution in [0.25, 0.3) is 0 Å². The summed E-state index contributed by atoms with van der Waals surface area (Å²) in [4.78, 5) is 12.1. The molecule has 0 radical (unpaired) electrons. The average molecular weight is 641 g/mol. The van der Waals surface area contributed by atoms with Crippen molar-refractivity contribution in [1.82, 2.24) is 0 Å². The molecule has 46 heavy (non-hydrogen) atoms. The SMILES string of the molecule is Cc1cc(C)cc(C2(c3cc(C)cc(C)c3)OP(=O)(O)OC(c3cc(C)cc(C)c3)(c3cc(C)cc(C)c3)[C@@H]3OC(C)(C)O[C@H]32)c1. The lowest BCUT2D eigenvalue weighted by atomic mass is 9.70. The Morgan fingerprint density at radius 2 is 0.696 bits per heavy atom. The summed E-state index contributed by atoms with van der Waals surface area (Å²) >= 11 is 0. The number of phosphoric ester groups is 1. The van der Waals surface area contributed by atoms with E-state index in [1.165, 1.54) is 0 Å². The largest absolute Gasteiger partial charge is 0.474 e. The first-order chi connectivity index (χ1) is 21.4. The predicted octanol–water partition coefficient (Wildman–Crippen LogP) is 9.01. The quantitative estimate of drug-likeness (QED) is 0.225. The summed E-state index contributed by atoms with van der Waals surface area (Å²) in [5.41, 5.74) is 7.53. The number of hydrogen-bond acceptors (Lipinski definition) is 5. The summed E-state index contributed by atoms with van der Waals surface area (Å²) in [6.07, 6.45) is -1.84. The second-order valence-corrected chi connectivity index (χ2v) is 15.4. The van der Waals surface area contributed by atoms with Crippen LogP contribution >= 0.6 is 7.82 Å². The van der Waals surface area contributed by atoms with E-state index in [0.717, 1.165) is 44.5 Å². The first-order valence-electron chi connectivity index (χ1n) is 15.9. The summed E-state index contributed by atoms with van der Waals surface area (Å²) in [6, 6.07) is 24.4. The molecule has 4 aromatic carbocycles. The molecule has 2 fully saturated rings. The smallest absolute Gasteiger partial charge is 0.341 e. The van der Waals surface area contributed by atoms with Crippen molar-refractivity contribution in [2.45, 2.75) is 98.4 Å². The molecule has 2 saturated heterocycles. The second kappa shape index (κ2) is 11.3. The molecule has 2 atom stereocenters. The molecular formula is C39H45O6P. The van der Waals surface area contributed by atoms with Crippen molar-refractivity contribution < 1.29 is 28.0 Å². The van der Waals surface area contributed by atoms with Gasteiger partial charge >= 0.3 is 7.82 Å². The van der Waals surface area contributed by atoms with E-state index in [4.69, 9.17) is 18.5 Å². The lowest BCUT2D eigenvalue weighted by molar-refractivity contribution is -0.178. The molecule has 6 nitrogen and oxygen atoms in total. The molecule has 2 heterocycles. The number of benzene rings is 4. The zero-order valence-electron chi connectivity index (χ0n) is 28.5. The molecular weight excluding hydrogens is 595 g/mol. The topological polar surface area (TPSA) is 74.2 Å². The van der Waals surface area contributed by atoms with Crippen LogP contribution in [0.1, 0.15) is 80.6 Å². The maximum atomic E-state index is 14.9. The van der Waals surface area contributed by atoms with Gasteiger partial charge in [0.05, 0.1) is 0 Å². The van der Waals surface area contributed by atoms with Gasteiger partial charge in [-0.25, -0.2) is 4.57 Å². The van der Waals surface area contributed by atoms with Gasteiger partial charge in [-0.2, -0.15) is 0 Å². The summed E-state index contributed by atoms with van der Waals surface area (Å²) in [7, 11) is -4.91. The molecule has 0 aliphatic carbocycles. The van der Waals surface area contributed by atoms with E-state index in [0.29, 0.717) is 22.3 Å². The van der Waals surface area contributed by atoms with E-state index in [-0.39, 0.29) is 0 Å². The molecule has 7 heteroatoms. The second-order valence-electron chi connectivity index (χ2n) is 14.1. The van der Waals surface area contributed by atoms with Crippen molar-refractivity contribution in [1.29, 1.82) is 0 Å². The Morgan fingerprint density at radius 3 is 0.913 bits per heavy atom. The third-order valence-electron chi connectivity index (χ3n) is 9.02. The molecule has 0 unspecified atom stereocenters. The van der Waals surface area contributed by atoms with Crippen LogP contribution in [0.4, 0.5) is 0 Å². The summed E-state index contributed by atoms with van der Waals surface area (Å²) in [6.45, 7) is 19.9. The Labute approximate surface area is 273 Å². The Bertz CT molecular complexity index is 1580. The van der Waals surface area contributed by atoms with Gasteiger partial charge in [0.25, 0.3) is 0 Å². The molecule has 0 bridgehead atoms. The Morgan fingerprint density at radius 1 is 0.478 bits per heavy atom. The van der Waals surface area contributed by atoms with E-state index in [1.54, 1.807) is 0 Å². The first-order valence-corrected chi connectivity index (χ1v) is 17.4. The lowest BCUT2D eigenvalue weighted by Crippen LogP contribution is -2.53. The summed E-state index contributed by atoms with van der Waals surface area (Å²) in [5.74, 6) is -1.09. The Hall–Kier alpha value is -3.09. The van der Waals surface area contributed by atoms with Crippen LogP contribution in [0, 0.1) is 55.4 Å². The molecule has 0 amide bonds. The fourth-order valence-electron chi connectivity index (χ4n) is 7.80. The number of fused-ring (bicyclic) bond motifs is 1. The van der Waals surface area contributed by atoms with Gasteiger partial charge in [-0.05, 0) is 91.5 Å². The van der Waals surface area contributed by atoms with Crippen molar-refractivity contribution in [2.24, 2.45) is 0 Å². The highest BCUT2D eigenvalue weighted by molar-refractivity contribution is 7.47. The molecule has 2 aliphatic heterocycles. The maximum Gasteiger partial charge on any atom is 0.474 e. The van der Waals surface area contributed by atoms with Gasteiger partial charge in [0.1, 0.15) is 12.2 Å². The van der Waals surface area contributed by atoms with Crippen LogP contribution in [0.15, 0.2) is 72.8 Å². The van der Waals surface area contributed by atoms with Crippen LogP contribution in [-0.4, -0.2) is 22.9 Å². The average Bonchev–Trinajstić information content (AvgIpc) is 3.20. The third kappa shape index (κ3) is 5.70. The molecule has 1 N–H and O–H groups in total. The van der Waals surface area contributed by atoms with E-state index < -0.39 is 37.0 Å². The number of rotatable bonds is 4. The maximum absolute atomic E-state index is 14.9. The molecule has 2 aliphatic rings. The van der Waals surface area contributed by atoms with Gasteiger partial charge in [0.15, 0.2) is 17.0 Å². The Kier molecular flexibility index (Phi) is 8.04. The summed E-state index contributed by atoms with van der Waals surface area (Å²) < 4.78 is 42.2. The van der Waals surface area contributed by atoms with Gasteiger partial charge in [-0.1, -0.05) is 117 Å². The Balaban J connectivity index is 1.80. The number of hydrogen-bond donors (Lipinski definition) is 1. The van der Waals surface area contributed by atoms with Crippen LogP contribution in [0.5, 0.6) is 0 Å². The van der Waals surface area contributed by atoms with Gasteiger partial charge < -0.3 is 14.4 Å². The predicted molar refractivity (Wildman–Crippen MR) is 181 cm³/mol. The minimum atomic E-state index is -4.91. The van der Waals surface area contributed by atoms with Crippen molar-refractivity contribution in [3.63, 3.8) is 0 Å². The molecule has 0 spiro atoms. The highest BCUT2D eigenvalue weighted by Gasteiger charge is 2.69. The number of ether oxygens (including phenoxy) is 2. The highest BCUT2D eigenvalue weighted by Crippen LogP contribution is 2.67. The van der Waals surface area contributed by atoms with Gasteiger partial charge in [0.2, 0.25) is 0 Å². The molecule has 6 rings (SSSR count). The first kappa shape index (κ1) is 32.8. The van der Waals surface area contributed by atoms with Crippen LogP contribution in [0.2, 0.25) is 0 Å². The van der Waals surface area contributed by atoms with Crippen LogP contribution in [-0.2, 0) is 34.3 Å². The van der Waals surface area contributed by atoms with E-state index >= 15 is 0 Å². The molecule has 242 valence electrons. The van der Waals surface area contributed by atoms with E-state index in [1.807, 2.05) is 118 Å². The van der Waals surface area contributed by atoms with Crippen LogP contribution < -0.4 is 0 Å². The third-order valence-corrected chi connectivity index (χ3v) is 10.1. The highest BCUT2D eigenvalue weighted by atomic mass is 31.2. The zero-order valence-corrected chi connectivity index (χ0v) is 29.4. The van der Waals surface area contributed by atoms with Crippen molar-refractivity contribution >= 4 is 7.82 Å². The summed E-state index contributed by atoms with van der Waals surface area (Å²) in [5, 5.41) is 0.